The van der Waals surface area contributed by atoms with Gasteiger partial charge in [-0.15, -0.1) is 0 Å². The number of ether oxygens (including phenoxy) is 1. The summed E-state index contributed by atoms with van der Waals surface area (Å²) in [6.07, 6.45) is 0.603. The minimum Gasteiger partial charge on any atom is -0.438 e. The predicted molar refractivity (Wildman–Crippen MR) is 122 cm³/mol. The molecule has 1 amide bonds. The standard InChI is InChI=1S/C25H38N2O6/c1-12-9-24-13(2)7-17-18(23(17,4)5)16(20(24)30)8-15(11-28)19(29)25(24,32)21(12)33-22(31)27(6)14(3)10-26/h8-9,13-14,16-19,21,28-29,32H,7,10-11,26H2,1-6H3/t13-,14?,16+,17-,18+,19-,21+,24+,25+/m1/s1. The zero-order chi connectivity index (χ0) is 24.7. The van der Waals surface area contributed by atoms with Crippen LogP contribution in [0.3, 0.4) is 0 Å². The average molecular weight is 463 g/mol. The molecule has 2 bridgehead atoms. The van der Waals surface area contributed by atoms with E-state index in [1.54, 1.807) is 33.0 Å². The summed E-state index contributed by atoms with van der Waals surface area (Å²) in [7, 11) is 1.56. The fourth-order valence-corrected chi connectivity index (χ4v) is 7.12. The molecule has 2 saturated carbocycles. The summed E-state index contributed by atoms with van der Waals surface area (Å²) in [5, 5.41) is 33.9. The average Bonchev–Trinajstić information content (AvgIpc) is 3.26. The number of allylic oxidation sites excluding steroid dienone is 1. The highest BCUT2D eigenvalue weighted by Crippen LogP contribution is 2.71. The molecule has 2 fully saturated rings. The summed E-state index contributed by atoms with van der Waals surface area (Å²) < 4.78 is 5.79. The number of ketones is 1. The van der Waals surface area contributed by atoms with Crippen molar-refractivity contribution in [3.05, 3.63) is 23.3 Å². The van der Waals surface area contributed by atoms with Crippen LogP contribution in [0.1, 0.15) is 41.0 Å². The zero-order valence-electron chi connectivity index (χ0n) is 20.4. The predicted octanol–water partition coefficient (Wildman–Crippen LogP) is 1.24. The monoisotopic (exact) mass is 462 g/mol. The first-order chi connectivity index (χ1) is 15.3. The number of carbonyl (C=O) groups is 2. The van der Waals surface area contributed by atoms with Gasteiger partial charge in [-0.2, -0.15) is 0 Å². The molecule has 0 aliphatic heterocycles. The number of Topliss-reactive ketones (excluding diaryl/α,β-unsaturated/α-hetero) is 1. The smallest absolute Gasteiger partial charge is 0.410 e. The third kappa shape index (κ3) is 2.97. The molecule has 8 nitrogen and oxygen atoms in total. The Bertz CT molecular complexity index is 928. The number of nitrogens with two attached hydrogens (primary N) is 1. The first-order valence-corrected chi connectivity index (χ1v) is 11.9. The number of carbonyl (C=O) groups excluding carboxylic acids is 2. The molecule has 1 spiro atoms. The highest BCUT2D eigenvalue weighted by molar-refractivity contribution is 5.95. The van der Waals surface area contributed by atoms with Gasteiger partial charge in [0.15, 0.2) is 17.5 Å². The van der Waals surface area contributed by atoms with E-state index in [1.165, 1.54) is 4.90 Å². The number of hydrogen-bond donors (Lipinski definition) is 4. The Kier molecular flexibility index (Phi) is 5.64. The van der Waals surface area contributed by atoms with E-state index in [0.717, 1.165) is 0 Å². The van der Waals surface area contributed by atoms with Gasteiger partial charge in [-0.25, -0.2) is 4.79 Å². The normalized spacial score (nSPS) is 43.9. The Hall–Kier alpha value is -1.74. The lowest BCUT2D eigenvalue weighted by molar-refractivity contribution is -0.191. The molecule has 0 saturated heterocycles. The molecule has 0 aromatic heterocycles. The second kappa shape index (κ2) is 7.63. The maximum absolute atomic E-state index is 14.3. The van der Waals surface area contributed by atoms with Crippen molar-refractivity contribution in [1.82, 2.24) is 4.90 Å². The highest BCUT2D eigenvalue weighted by atomic mass is 16.6. The molecule has 1 unspecified atom stereocenters. The van der Waals surface area contributed by atoms with Crippen molar-refractivity contribution in [1.29, 1.82) is 0 Å². The SMILES string of the molecule is CC1=C[C@]23C(=O)[C@@H](C=C(CO)[C@@H](O)[C@]2(O)[C@H]1OC(=O)N(C)C(C)CN)[C@H]1[C@@H](C[C@H]3C)C1(C)C. The van der Waals surface area contributed by atoms with Crippen molar-refractivity contribution in [2.75, 3.05) is 20.2 Å². The van der Waals surface area contributed by atoms with Gasteiger partial charge in [-0.1, -0.05) is 32.9 Å². The van der Waals surface area contributed by atoms with E-state index >= 15 is 0 Å². The molecular formula is C25H38N2O6. The van der Waals surface area contributed by atoms with Crippen LogP contribution in [-0.2, 0) is 9.53 Å². The summed E-state index contributed by atoms with van der Waals surface area (Å²) in [5.41, 5.74) is 2.81. The van der Waals surface area contributed by atoms with Crippen molar-refractivity contribution in [2.24, 2.45) is 40.2 Å². The van der Waals surface area contributed by atoms with Gasteiger partial charge in [0.05, 0.1) is 12.0 Å². The number of nitrogens with zero attached hydrogens (tertiary/aromatic N) is 1. The number of hydrogen-bond acceptors (Lipinski definition) is 7. The maximum atomic E-state index is 14.3. The Labute approximate surface area is 195 Å². The van der Waals surface area contributed by atoms with Gasteiger partial charge in [0, 0.05) is 25.6 Å². The van der Waals surface area contributed by atoms with Crippen LogP contribution in [0.25, 0.3) is 0 Å². The fourth-order valence-electron chi connectivity index (χ4n) is 7.12. The largest absolute Gasteiger partial charge is 0.438 e. The summed E-state index contributed by atoms with van der Waals surface area (Å²) in [6, 6.07) is -0.295. The van der Waals surface area contributed by atoms with E-state index in [1.807, 2.05) is 6.92 Å². The number of aliphatic hydroxyl groups excluding tert-OH is 2. The van der Waals surface area contributed by atoms with Crippen LogP contribution in [0.5, 0.6) is 0 Å². The molecule has 0 radical (unpaired) electrons. The van der Waals surface area contributed by atoms with Gasteiger partial charge in [-0.3, -0.25) is 4.79 Å². The van der Waals surface area contributed by atoms with Crippen LogP contribution in [0.4, 0.5) is 4.79 Å². The molecule has 0 aromatic carbocycles. The van der Waals surface area contributed by atoms with Gasteiger partial charge in [0.2, 0.25) is 0 Å². The summed E-state index contributed by atoms with van der Waals surface area (Å²) >= 11 is 0. The van der Waals surface area contributed by atoms with Crippen LogP contribution in [0, 0.1) is 34.5 Å². The van der Waals surface area contributed by atoms with Gasteiger partial charge in [-0.05, 0) is 54.6 Å². The van der Waals surface area contributed by atoms with Crippen molar-refractivity contribution in [3.8, 4) is 0 Å². The molecule has 8 heteroatoms. The number of fused-ring (bicyclic) bond motifs is 3. The second-order valence-corrected chi connectivity index (χ2v) is 11.3. The van der Waals surface area contributed by atoms with E-state index in [9.17, 15) is 24.9 Å². The molecule has 4 rings (SSSR count). The van der Waals surface area contributed by atoms with Crippen LogP contribution in [0.2, 0.25) is 0 Å². The number of aliphatic hydroxyl groups is 3. The molecule has 4 aliphatic rings. The van der Waals surface area contributed by atoms with E-state index < -0.39 is 41.8 Å². The topological polar surface area (TPSA) is 133 Å². The summed E-state index contributed by atoms with van der Waals surface area (Å²) in [5.74, 6) is -0.619. The Morgan fingerprint density at radius 2 is 2.03 bits per heavy atom. The van der Waals surface area contributed by atoms with Crippen molar-refractivity contribution >= 4 is 11.9 Å². The first kappa shape index (κ1) is 24.4. The maximum Gasteiger partial charge on any atom is 0.410 e. The lowest BCUT2D eigenvalue weighted by Crippen LogP contribution is -2.66. The molecule has 4 aliphatic carbocycles. The van der Waals surface area contributed by atoms with Crippen molar-refractivity contribution in [3.63, 3.8) is 0 Å². The van der Waals surface area contributed by atoms with Crippen LogP contribution >= 0.6 is 0 Å². The van der Waals surface area contributed by atoms with E-state index in [2.05, 4.69) is 13.8 Å². The molecule has 9 atom stereocenters. The third-order valence-corrected chi connectivity index (χ3v) is 9.41. The molecule has 0 heterocycles. The minimum atomic E-state index is -2.12. The van der Waals surface area contributed by atoms with Crippen LogP contribution in [-0.4, -0.2) is 76.1 Å². The second-order valence-electron chi connectivity index (χ2n) is 11.3. The van der Waals surface area contributed by atoms with Crippen molar-refractivity contribution < 1.29 is 29.6 Å². The number of likely N-dealkylation sites (N-methyl/N-ethyl adjacent to an activating group) is 1. The molecule has 184 valence electrons. The lowest BCUT2D eigenvalue weighted by Gasteiger charge is -2.49. The van der Waals surface area contributed by atoms with Gasteiger partial charge in [0.1, 0.15) is 6.10 Å². The van der Waals surface area contributed by atoms with E-state index in [0.29, 0.717) is 17.9 Å². The van der Waals surface area contributed by atoms with Gasteiger partial charge in [0.25, 0.3) is 0 Å². The third-order valence-electron chi connectivity index (χ3n) is 9.41. The van der Waals surface area contributed by atoms with Crippen LogP contribution in [0.15, 0.2) is 23.3 Å². The van der Waals surface area contributed by atoms with Crippen LogP contribution < -0.4 is 5.73 Å². The summed E-state index contributed by atoms with van der Waals surface area (Å²) in [4.78, 5) is 28.5. The number of amides is 1. The summed E-state index contributed by atoms with van der Waals surface area (Å²) in [6.45, 7) is 9.45. The molecular weight excluding hydrogens is 424 g/mol. The Morgan fingerprint density at radius 3 is 2.61 bits per heavy atom. The zero-order valence-corrected chi connectivity index (χ0v) is 20.4. The fraction of sp³-hybridized carbons (Fsp3) is 0.760. The van der Waals surface area contributed by atoms with E-state index in [4.69, 9.17) is 10.5 Å². The Balaban J connectivity index is 1.84. The van der Waals surface area contributed by atoms with E-state index in [-0.39, 0.29) is 41.2 Å². The molecule has 0 aromatic rings. The first-order valence-electron chi connectivity index (χ1n) is 11.9. The Morgan fingerprint density at radius 1 is 1.39 bits per heavy atom. The number of rotatable bonds is 4. The van der Waals surface area contributed by atoms with Gasteiger partial charge < -0.3 is 30.7 Å². The molecule has 5 N–H and O–H groups in total. The van der Waals surface area contributed by atoms with Crippen molar-refractivity contribution in [2.45, 2.75) is 64.9 Å². The lowest BCUT2D eigenvalue weighted by atomic mass is 9.59. The minimum absolute atomic E-state index is 0.0367. The highest BCUT2D eigenvalue weighted by Gasteiger charge is 2.76. The molecule has 33 heavy (non-hydrogen) atoms. The quantitative estimate of drug-likeness (QED) is 0.462. The van der Waals surface area contributed by atoms with Gasteiger partial charge >= 0.3 is 6.09 Å².